The van der Waals surface area contributed by atoms with Crippen LogP contribution < -0.4 is 0 Å². The van der Waals surface area contributed by atoms with Crippen LogP contribution >= 0.6 is 15.9 Å². The standard InChI is InChI=1S/C9H7BrF2N2O4/c1-2-18-9(15)6-7(14(16)17)4(10)3-5(13-6)8(11)12/h3,8H,2H2,1H3. The molecule has 1 rings (SSSR count). The van der Waals surface area contributed by atoms with E-state index >= 15 is 0 Å². The summed E-state index contributed by atoms with van der Waals surface area (Å²) in [6.07, 6.45) is -2.95. The number of carbonyl (C=O) groups is 1. The normalized spacial score (nSPS) is 10.5. The van der Waals surface area contributed by atoms with Crippen LogP contribution in [-0.4, -0.2) is 22.5 Å². The van der Waals surface area contributed by atoms with E-state index in [1.165, 1.54) is 6.92 Å². The molecule has 0 aliphatic carbocycles. The summed E-state index contributed by atoms with van der Waals surface area (Å²) in [5.41, 5.74) is -2.18. The van der Waals surface area contributed by atoms with Crippen LogP contribution in [0.3, 0.4) is 0 Å². The predicted molar refractivity (Wildman–Crippen MR) is 59.5 cm³/mol. The van der Waals surface area contributed by atoms with Crippen LogP contribution in [0, 0.1) is 10.1 Å². The topological polar surface area (TPSA) is 82.3 Å². The third-order valence-corrected chi connectivity index (χ3v) is 2.45. The first-order valence-electron chi connectivity index (χ1n) is 4.68. The summed E-state index contributed by atoms with van der Waals surface area (Å²) in [4.78, 5) is 24.6. The van der Waals surface area contributed by atoms with Crippen LogP contribution in [0.15, 0.2) is 10.5 Å². The number of esters is 1. The predicted octanol–water partition coefficient (Wildman–Crippen LogP) is 2.87. The molecule has 6 nitrogen and oxygen atoms in total. The molecule has 1 aromatic rings. The average molecular weight is 325 g/mol. The fourth-order valence-corrected chi connectivity index (χ4v) is 1.72. The highest BCUT2D eigenvalue weighted by molar-refractivity contribution is 9.10. The van der Waals surface area contributed by atoms with E-state index in [9.17, 15) is 23.7 Å². The Morgan fingerprint density at radius 1 is 1.67 bits per heavy atom. The maximum atomic E-state index is 12.5. The van der Waals surface area contributed by atoms with Crippen molar-refractivity contribution >= 4 is 27.6 Å². The Hall–Kier alpha value is -1.64. The third-order valence-electron chi connectivity index (χ3n) is 1.84. The van der Waals surface area contributed by atoms with Gasteiger partial charge in [-0.3, -0.25) is 10.1 Å². The number of hydrogen-bond acceptors (Lipinski definition) is 5. The Labute approximate surface area is 108 Å². The molecular weight excluding hydrogens is 318 g/mol. The first kappa shape index (κ1) is 14.4. The molecule has 0 bridgehead atoms. The minimum absolute atomic E-state index is 0.0474. The van der Waals surface area contributed by atoms with Crippen LogP contribution in [0.4, 0.5) is 14.5 Å². The lowest BCUT2D eigenvalue weighted by atomic mass is 10.2. The summed E-state index contributed by atoms with van der Waals surface area (Å²) in [6.45, 7) is 1.43. The largest absolute Gasteiger partial charge is 0.461 e. The minimum atomic E-state index is -2.95. The number of hydrogen-bond donors (Lipinski definition) is 0. The van der Waals surface area contributed by atoms with Crippen molar-refractivity contribution in [2.24, 2.45) is 0 Å². The Kier molecular flexibility index (Phi) is 4.65. The maximum Gasteiger partial charge on any atom is 0.364 e. The summed E-state index contributed by atoms with van der Waals surface area (Å²) in [6, 6.07) is 0.797. The van der Waals surface area contributed by atoms with Crippen molar-refractivity contribution in [1.82, 2.24) is 4.98 Å². The third kappa shape index (κ3) is 2.97. The number of aromatic nitrogens is 1. The molecule has 0 aliphatic rings. The molecule has 0 aromatic carbocycles. The van der Waals surface area contributed by atoms with E-state index in [-0.39, 0.29) is 11.1 Å². The first-order valence-corrected chi connectivity index (χ1v) is 5.47. The summed E-state index contributed by atoms with van der Waals surface area (Å²) < 4.78 is 29.3. The van der Waals surface area contributed by atoms with Gasteiger partial charge in [0.05, 0.1) is 16.0 Å². The first-order chi connectivity index (χ1) is 8.38. The molecular formula is C9H7BrF2N2O4. The Morgan fingerprint density at radius 2 is 2.28 bits per heavy atom. The number of alkyl halides is 2. The second-order valence-electron chi connectivity index (χ2n) is 3.00. The van der Waals surface area contributed by atoms with Crippen molar-refractivity contribution in [3.05, 3.63) is 32.0 Å². The highest BCUT2D eigenvalue weighted by atomic mass is 79.9. The lowest BCUT2D eigenvalue weighted by Gasteiger charge is -2.06. The number of ether oxygens (including phenoxy) is 1. The van der Waals surface area contributed by atoms with Gasteiger partial charge < -0.3 is 4.74 Å². The van der Waals surface area contributed by atoms with Crippen LogP contribution in [0.5, 0.6) is 0 Å². The van der Waals surface area contributed by atoms with Crippen molar-refractivity contribution in [3.63, 3.8) is 0 Å². The second kappa shape index (κ2) is 5.80. The van der Waals surface area contributed by atoms with Gasteiger partial charge in [0, 0.05) is 0 Å². The molecule has 0 amide bonds. The quantitative estimate of drug-likeness (QED) is 0.483. The van der Waals surface area contributed by atoms with Gasteiger partial charge in [0.25, 0.3) is 6.43 Å². The molecule has 1 heterocycles. The molecule has 98 valence electrons. The van der Waals surface area contributed by atoms with E-state index in [1.807, 2.05) is 0 Å². The maximum absolute atomic E-state index is 12.5. The summed E-state index contributed by atoms with van der Waals surface area (Å²) >= 11 is 2.76. The van der Waals surface area contributed by atoms with Crippen molar-refractivity contribution in [3.8, 4) is 0 Å². The number of rotatable bonds is 4. The molecule has 1 aromatic heterocycles. The van der Waals surface area contributed by atoms with Gasteiger partial charge in [-0.15, -0.1) is 0 Å². The molecule has 0 unspecified atom stereocenters. The van der Waals surface area contributed by atoms with Crippen molar-refractivity contribution in [1.29, 1.82) is 0 Å². The van der Waals surface area contributed by atoms with Gasteiger partial charge in [-0.05, 0) is 28.9 Å². The average Bonchev–Trinajstić information content (AvgIpc) is 2.27. The molecule has 9 heteroatoms. The molecule has 0 spiro atoms. The molecule has 0 N–H and O–H groups in total. The van der Waals surface area contributed by atoms with Gasteiger partial charge >= 0.3 is 11.7 Å². The van der Waals surface area contributed by atoms with Gasteiger partial charge in [0.15, 0.2) is 0 Å². The summed E-state index contributed by atoms with van der Waals surface area (Å²) in [7, 11) is 0. The number of carbonyl (C=O) groups excluding carboxylic acids is 1. The van der Waals surface area contributed by atoms with Crippen LogP contribution in [-0.2, 0) is 4.74 Å². The monoisotopic (exact) mass is 324 g/mol. The lowest BCUT2D eigenvalue weighted by Crippen LogP contribution is -2.12. The van der Waals surface area contributed by atoms with Crippen LogP contribution in [0.1, 0.15) is 29.5 Å². The Balaban J connectivity index is 3.42. The van der Waals surface area contributed by atoms with E-state index < -0.39 is 34.4 Å². The zero-order valence-electron chi connectivity index (χ0n) is 9.02. The molecule has 18 heavy (non-hydrogen) atoms. The van der Waals surface area contributed by atoms with E-state index in [0.717, 1.165) is 6.07 Å². The number of nitrogens with zero attached hydrogens (tertiary/aromatic N) is 2. The zero-order chi connectivity index (χ0) is 13.9. The highest BCUT2D eigenvalue weighted by Gasteiger charge is 2.29. The zero-order valence-corrected chi connectivity index (χ0v) is 10.6. The van der Waals surface area contributed by atoms with Gasteiger partial charge in [-0.1, -0.05) is 0 Å². The summed E-state index contributed by atoms with van der Waals surface area (Å²) in [5, 5.41) is 10.8. The van der Waals surface area contributed by atoms with E-state index in [1.54, 1.807) is 0 Å². The SMILES string of the molecule is CCOC(=O)c1nc(C(F)F)cc(Br)c1[N+](=O)[O-]. The minimum Gasteiger partial charge on any atom is -0.461 e. The summed E-state index contributed by atoms with van der Waals surface area (Å²) in [5.74, 6) is -1.12. The molecule has 0 fully saturated rings. The van der Waals surface area contributed by atoms with Crippen LogP contribution in [0.25, 0.3) is 0 Å². The van der Waals surface area contributed by atoms with Gasteiger partial charge in [0.1, 0.15) is 5.69 Å². The van der Waals surface area contributed by atoms with Crippen molar-refractivity contribution in [2.75, 3.05) is 6.61 Å². The highest BCUT2D eigenvalue weighted by Crippen LogP contribution is 2.31. The smallest absolute Gasteiger partial charge is 0.364 e. The van der Waals surface area contributed by atoms with E-state index in [0.29, 0.717) is 0 Å². The molecule has 0 saturated heterocycles. The second-order valence-corrected chi connectivity index (χ2v) is 3.86. The van der Waals surface area contributed by atoms with Crippen LogP contribution in [0.2, 0.25) is 0 Å². The van der Waals surface area contributed by atoms with E-state index in [2.05, 4.69) is 25.7 Å². The fraction of sp³-hybridized carbons (Fsp3) is 0.333. The van der Waals surface area contributed by atoms with Gasteiger partial charge in [-0.2, -0.15) is 0 Å². The van der Waals surface area contributed by atoms with E-state index in [4.69, 9.17) is 0 Å². The molecule has 0 atom stereocenters. The van der Waals surface area contributed by atoms with Gasteiger partial charge in [0.2, 0.25) is 5.69 Å². The number of pyridine rings is 1. The lowest BCUT2D eigenvalue weighted by molar-refractivity contribution is -0.386. The number of nitro groups is 1. The Bertz CT molecular complexity index is 496. The number of halogens is 3. The molecule has 0 radical (unpaired) electrons. The van der Waals surface area contributed by atoms with Crippen molar-refractivity contribution in [2.45, 2.75) is 13.3 Å². The molecule has 0 saturated carbocycles. The Morgan fingerprint density at radius 3 is 2.72 bits per heavy atom. The fourth-order valence-electron chi connectivity index (χ4n) is 1.15. The van der Waals surface area contributed by atoms with Crippen molar-refractivity contribution < 1.29 is 23.2 Å². The molecule has 0 aliphatic heterocycles. The van der Waals surface area contributed by atoms with Gasteiger partial charge in [-0.25, -0.2) is 18.6 Å².